The molecule has 0 aromatic rings. The second kappa shape index (κ2) is 5.83. The van der Waals surface area contributed by atoms with E-state index < -0.39 is 17.8 Å². The minimum Gasteiger partial charge on any atom is -0.450 e. The van der Waals surface area contributed by atoms with Crippen LogP contribution in [0.4, 0.5) is 9.18 Å². The lowest BCUT2D eigenvalue weighted by atomic mass is 10.0. The molecule has 1 N–H and O–H groups in total. The van der Waals surface area contributed by atoms with E-state index in [1.54, 1.807) is 6.92 Å². The van der Waals surface area contributed by atoms with Crippen LogP contribution in [0.15, 0.2) is 0 Å². The average Bonchev–Trinajstić information content (AvgIpc) is 2.03. The smallest absolute Gasteiger partial charge is 0.407 e. The summed E-state index contributed by atoms with van der Waals surface area (Å²) in [6, 6.07) is -0.545. The number of carbonyl (C=O) groups is 1. The maximum Gasteiger partial charge on any atom is 0.407 e. The molecule has 0 spiro atoms. The summed E-state index contributed by atoms with van der Waals surface area (Å²) in [5, 5.41) is 2.44. The molecule has 0 aliphatic carbocycles. The summed E-state index contributed by atoms with van der Waals surface area (Å²) in [6.45, 7) is 6.85. The van der Waals surface area contributed by atoms with Gasteiger partial charge >= 0.3 is 6.09 Å². The Balaban J connectivity index is 3.72. The van der Waals surface area contributed by atoms with Gasteiger partial charge in [-0.25, -0.2) is 9.18 Å². The summed E-state index contributed by atoms with van der Waals surface area (Å²) in [5.41, 5.74) is -1.43. The van der Waals surface area contributed by atoms with Gasteiger partial charge < -0.3 is 10.1 Å². The van der Waals surface area contributed by atoms with Crippen molar-refractivity contribution in [3.8, 4) is 0 Å². The fourth-order valence-corrected chi connectivity index (χ4v) is 0.699. The lowest BCUT2D eigenvalue weighted by Gasteiger charge is -2.23. The molecule has 0 rings (SSSR count). The largest absolute Gasteiger partial charge is 0.450 e. The summed E-state index contributed by atoms with van der Waals surface area (Å²) in [6.07, 6.45) is 1.26. The van der Waals surface area contributed by atoms with E-state index in [-0.39, 0.29) is 0 Å². The highest BCUT2D eigenvalue weighted by molar-refractivity contribution is 5.67. The Kier molecular flexibility index (Phi) is 5.50. The van der Waals surface area contributed by atoms with Gasteiger partial charge in [0.05, 0.1) is 12.6 Å². The van der Waals surface area contributed by atoms with Gasteiger partial charge in [-0.15, -0.1) is 0 Å². The van der Waals surface area contributed by atoms with Crippen molar-refractivity contribution >= 4 is 6.09 Å². The molecule has 0 saturated heterocycles. The van der Waals surface area contributed by atoms with Gasteiger partial charge in [-0.1, -0.05) is 13.3 Å². The number of nitrogens with one attached hydrogen (secondary N) is 1. The van der Waals surface area contributed by atoms with Crippen LogP contribution in [-0.4, -0.2) is 24.4 Å². The highest BCUT2D eigenvalue weighted by Gasteiger charge is 2.26. The van der Waals surface area contributed by atoms with E-state index in [1.807, 2.05) is 6.92 Å². The molecule has 1 unspecified atom stereocenters. The maximum atomic E-state index is 13.3. The van der Waals surface area contributed by atoms with Crippen LogP contribution >= 0.6 is 0 Å². The van der Waals surface area contributed by atoms with Crippen LogP contribution in [0.5, 0.6) is 0 Å². The Morgan fingerprint density at radius 2 is 2.14 bits per heavy atom. The number of unbranched alkanes of at least 4 members (excludes halogenated alkanes) is 1. The number of rotatable bonds is 5. The Morgan fingerprint density at radius 1 is 1.57 bits per heavy atom. The van der Waals surface area contributed by atoms with Gasteiger partial charge in [-0.3, -0.25) is 0 Å². The van der Waals surface area contributed by atoms with E-state index in [1.165, 1.54) is 13.8 Å². The first-order valence-electron chi connectivity index (χ1n) is 5.00. The van der Waals surface area contributed by atoms with Crippen molar-refractivity contribution in [2.75, 3.05) is 6.61 Å². The fraction of sp³-hybridized carbons (Fsp3) is 0.900. The van der Waals surface area contributed by atoms with Crippen LogP contribution in [0.1, 0.15) is 40.5 Å². The standard InChI is InChI=1S/C10H20FNO2/c1-5-6-7-14-9(13)12-8(2)10(3,4)11/h8H,5-7H2,1-4H3,(H,12,13). The van der Waals surface area contributed by atoms with Crippen LogP contribution in [0.2, 0.25) is 0 Å². The molecule has 1 atom stereocenters. The van der Waals surface area contributed by atoms with Gasteiger partial charge in [-0.05, 0) is 27.2 Å². The molecule has 0 aromatic heterocycles. The third-order valence-electron chi connectivity index (χ3n) is 2.10. The van der Waals surface area contributed by atoms with Crippen LogP contribution in [-0.2, 0) is 4.74 Å². The van der Waals surface area contributed by atoms with Gasteiger partial charge in [0.2, 0.25) is 0 Å². The molecule has 0 saturated carbocycles. The molecule has 14 heavy (non-hydrogen) atoms. The number of alkyl carbamates (subject to hydrolysis) is 1. The zero-order chi connectivity index (χ0) is 11.2. The van der Waals surface area contributed by atoms with Crippen LogP contribution in [0.3, 0.4) is 0 Å². The van der Waals surface area contributed by atoms with Gasteiger partial charge in [0.1, 0.15) is 5.67 Å². The monoisotopic (exact) mass is 205 g/mol. The molecule has 0 aromatic carbocycles. The number of hydrogen-bond donors (Lipinski definition) is 1. The van der Waals surface area contributed by atoms with E-state index in [0.717, 1.165) is 12.8 Å². The highest BCUT2D eigenvalue weighted by Crippen LogP contribution is 2.13. The number of ether oxygens (including phenoxy) is 1. The number of alkyl halides is 1. The minimum atomic E-state index is -1.43. The zero-order valence-electron chi connectivity index (χ0n) is 9.39. The predicted octanol–water partition coefficient (Wildman–Crippen LogP) is 2.65. The van der Waals surface area contributed by atoms with Gasteiger partial charge in [0.15, 0.2) is 0 Å². The Hall–Kier alpha value is -0.800. The normalized spacial score (nSPS) is 13.5. The van der Waals surface area contributed by atoms with Gasteiger partial charge in [-0.2, -0.15) is 0 Å². The van der Waals surface area contributed by atoms with Crippen molar-refractivity contribution in [1.82, 2.24) is 5.32 Å². The molecule has 4 heteroatoms. The molecular formula is C10H20FNO2. The summed E-state index contributed by atoms with van der Waals surface area (Å²) in [4.78, 5) is 11.1. The summed E-state index contributed by atoms with van der Waals surface area (Å²) in [5.74, 6) is 0. The second-order valence-corrected chi connectivity index (χ2v) is 3.92. The minimum absolute atomic E-state index is 0.391. The van der Waals surface area contributed by atoms with Crippen molar-refractivity contribution in [2.45, 2.75) is 52.2 Å². The van der Waals surface area contributed by atoms with Crippen LogP contribution < -0.4 is 5.32 Å². The summed E-state index contributed by atoms with van der Waals surface area (Å²) < 4.78 is 18.1. The Morgan fingerprint density at radius 3 is 2.57 bits per heavy atom. The zero-order valence-corrected chi connectivity index (χ0v) is 9.39. The first kappa shape index (κ1) is 13.2. The molecule has 0 aliphatic rings. The van der Waals surface area contributed by atoms with E-state index in [4.69, 9.17) is 4.74 Å². The summed E-state index contributed by atoms with van der Waals surface area (Å²) >= 11 is 0. The molecule has 0 heterocycles. The van der Waals surface area contributed by atoms with E-state index in [2.05, 4.69) is 5.32 Å². The highest BCUT2D eigenvalue weighted by atomic mass is 19.1. The topological polar surface area (TPSA) is 38.3 Å². The lowest BCUT2D eigenvalue weighted by Crippen LogP contribution is -2.44. The summed E-state index contributed by atoms with van der Waals surface area (Å²) in [7, 11) is 0. The van der Waals surface area contributed by atoms with E-state index >= 15 is 0 Å². The number of halogens is 1. The first-order valence-corrected chi connectivity index (χ1v) is 5.00. The van der Waals surface area contributed by atoms with Crippen LogP contribution in [0, 0.1) is 0 Å². The molecule has 0 fully saturated rings. The number of carbonyl (C=O) groups excluding carboxylic acids is 1. The Bertz CT molecular complexity index is 177. The third kappa shape index (κ3) is 5.78. The van der Waals surface area contributed by atoms with E-state index in [9.17, 15) is 9.18 Å². The molecule has 0 bridgehead atoms. The third-order valence-corrected chi connectivity index (χ3v) is 2.10. The van der Waals surface area contributed by atoms with Crippen molar-refractivity contribution in [1.29, 1.82) is 0 Å². The molecule has 0 aliphatic heterocycles. The molecular weight excluding hydrogens is 185 g/mol. The van der Waals surface area contributed by atoms with E-state index in [0.29, 0.717) is 6.61 Å². The second-order valence-electron chi connectivity index (χ2n) is 3.92. The first-order chi connectivity index (χ1) is 6.38. The number of amides is 1. The number of hydrogen-bond acceptors (Lipinski definition) is 2. The predicted molar refractivity (Wildman–Crippen MR) is 54.0 cm³/mol. The molecule has 0 radical (unpaired) electrons. The molecule has 1 amide bonds. The van der Waals surface area contributed by atoms with Crippen LogP contribution in [0.25, 0.3) is 0 Å². The van der Waals surface area contributed by atoms with Gasteiger partial charge in [0, 0.05) is 0 Å². The fourth-order valence-electron chi connectivity index (χ4n) is 0.699. The Labute approximate surface area is 85.0 Å². The van der Waals surface area contributed by atoms with Gasteiger partial charge in [0.25, 0.3) is 0 Å². The maximum absolute atomic E-state index is 13.3. The SMILES string of the molecule is CCCCOC(=O)NC(C)C(C)(C)F. The average molecular weight is 205 g/mol. The molecule has 3 nitrogen and oxygen atoms in total. The van der Waals surface area contributed by atoms with Crippen molar-refractivity contribution in [3.63, 3.8) is 0 Å². The van der Waals surface area contributed by atoms with Crippen molar-refractivity contribution in [3.05, 3.63) is 0 Å². The molecule has 84 valence electrons. The quantitative estimate of drug-likeness (QED) is 0.701. The lowest BCUT2D eigenvalue weighted by molar-refractivity contribution is 0.115. The van der Waals surface area contributed by atoms with Crippen molar-refractivity contribution in [2.24, 2.45) is 0 Å². The van der Waals surface area contributed by atoms with Crippen molar-refractivity contribution < 1.29 is 13.9 Å².